The molecule has 2 aromatic rings. The molecule has 1 aromatic heterocycles. The Hall–Kier alpha value is -2.03. The summed E-state index contributed by atoms with van der Waals surface area (Å²) in [6.45, 7) is 2.19. The molecule has 0 saturated carbocycles. The monoisotopic (exact) mass is 348 g/mol. The van der Waals surface area contributed by atoms with E-state index >= 15 is 0 Å². The van der Waals surface area contributed by atoms with E-state index in [2.05, 4.69) is 10.3 Å². The number of hydrogen-bond donors (Lipinski definition) is 1. The number of benzene rings is 1. The summed E-state index contributed by atoms with van der Waals surface area (Å²) in [6, 6.07) is 9.36. The maximum Gasteiger partial charge on any atom is 0.238 e. The van der Waals surface area contributed by atoms with Gasteiger partial charge in [-0.1, -0.05) is 6.07 Å². The normalized spacial score (nSPS) is 17.0. The van der Waals surface area contributed by atoms with Crippen molar-refractivity contribution in [2.75, 3.05) is 44.3 Å². The second-order valence-corrected chi connectivity index (χ2v) is 7.84. The van der Waals surface area contributed by atoms with Gasteiger partial charge in [0.15, 0.2) is 0 Å². The number of aromatic nitrogens is 1. The van der Waals surface area contributed by atoms with Crippen LogP contribution < -0.4 is 5.32 Å². The summed E-state index contributed by atoms with van der Waals surface area (Å²) in [5.41, 5.74) is 1.57. The molecule has 1 saturated heterocycles. The molecule has 0 unspecified atom stereocenters. The third-order valence-corrected chi connectivity index (χ3v) is 5.39. The first-order valence-corrected chi connectivity index (χ1v) is 9.59. The Kier molecular flexibility index (Phi) is 4.79. The molecule has 1 fully saturated rings. The molecular formula is C16H20N4O3S. The molecule has 1 N–H and O–H groups in total. The van der Waals surface area contributed by atoms with Gasteiger partial charge >= 0.3 is 0 Å². The number of fused-ring (bicyclic) bond motifs is 1. The van der Waals surface area contributed by atoms with Gasteiger partial charge in [-0.25, -0.2) is 8.42 Å². The van der Waals surface area contributed by atoms with Crippen LogP contribution in [0.3, 0.4) is 0 Å². The first-order chi connectivity index (χ1) is 11.4. The lowest BCUT2D eigenvalue weighted by Gasteiger charge is -2.32. The number of carbonyl (C=O) groups is 1. The van der Waals surface area contributed by atoms with Crippen molar-refractivity contribution in [3.05, 3.63) is 36.5 Å². The van der Waals surface area contributed by atoms with Crippen LogP contribution in [0.4, 0.5) is 5.69 Å². The molecule has 1 aliphatic heterocycles. The number of rotatable bonds is 4. The summed E-state index contributed by atoms with van der Waals surface area (Å²) in [6.07, 6.45) is 2.93. The van der Waals surface area contributed by atoms with E-state index in [0.717, 1.165) is 16.6 Å². The van der Waals surface area contributed by atoms with Crippen LogP contribution in [-0.4, -0.2) is 67.5 Å². The summed E-state index contributed by atoms with van der Waals surface area (Å²) >= 11 is 0. The quantitative estimate of drug-likeness (QED) is 0.882. The number of anilines is 1. The van der Waals surface area contributed by atoms with E-state index < -0.39 is 10.0 Å². The van der Waals surface area contributed by atoms with Crippen LogP contribution >= 0.6 is 0 Å². The molecule has 24 heavy (non-hydrogen) atoms. The molecule has 1 aromatic carbocycles. The minimum Gasteiger partial charge on any atom is -0.324 e. The summed E-state index contributed by atoms with van der Waals surface area (Å²) in [5.74, 6) is -0.112. The molecule has 0 spiro atoms. The van der Waals surface area contributed by atoms with E-state index in [1.54, 1.807) is 6.20 Å². The zero-order valence-corrected chi connectivity index (χ0v) is 14.3. The number of amides is 1. The minimum absolute atomic E-state index is 0.112. The average molecular weight is 348 g/mol. The summed E-state index contributed by atoms with van der Waals surface area (Å²) in [5, 5.41) is 3.82. The van der Waals surface area contributed by atoms with Crippen molar-refractivity contribution in [1.82, 2.24) is 14.2 Å². The van der Waals surface area contributed by atoms with E-state index in [1.165, 1.54) is 10.6 Å². The molecule has 0 radical (unpaired) electrons. The van der Waals surface area contributed by atoms with Crippen LogP contribution in [0.2, 0.25) is 0 Å². The van der Waals surface area contributed by atoms with Crippen molar-refractivity contribution < 1.29 is 13.2 Å². The molecule has 3 rings (SSSR count). The van der Waals surface area contributed by atoms with Gasteiger partial charge < -0.3 is 5.32 Å². The summed E-state index contributed by atoms with van der Waals surface area (Å²) in [7, 11) is -3.15. The highest BCUT2D eigenvalue weighted by Gasteiger charge is 2.24. The Balaban J connectivity index is 1.60. The van der Waals surface area contributed by atoms with E-state index in [9.17, 15) is 13.2 Å². The zero-order chi connectivity index (χ0) is 17.2. The third-order valence-electron chi connectivity index (χ3n) is 4.09. The van der Waals surface area contributed by atoms with E-state index in [0.29, 0.717) is 26.2 Å². The van der Waals surface area contributed by atoms with Crippen molar-refractivity contribution >= 4 is 32.5 Å². The maximum atomic E-state index is 12.3. The Morgan fingerprint density at radius 1 is 1.17 bits per heavy atom. The van der Waals surface area contributed by atoms with Crippen molar-refractivity contribution in [1.29, 1.82) is 0 Å². The fraction of sp³-hybridized carbons (Fsp3) is 0.375. The fourth-order valence-corrected chi connectivity index (χ4v) is 3.65. The highest BCUT2D eigenvalue weighted by Crippen LogP contribution is 2.21. The molecule has 8 heteroatoms. The molecule has 128 valence electrons. The number of hydrogen-bond acceptors (Lipinski definition) is 5. The topological polar surface area (TPSA) is 82.6 Å². The molecular weight excluding hydrogens is 328 g/mol. The number of carbonyl (C=O) groups excluding carboxylic acids is 1. The van der Waals surface area contributed by atoms with Crippen molar-refractivity contribution in [3.8, 4) is 0 Å². The minimum atomic E-state index is -3.15. The van der Waals surface area contributed by atoms with Gasteiger partial charge in [-0.15, -0.1) is 0 Å². The van der Waals surface area contributed by atoms with E-state index in [1.807, 2.05) is 35.2 Å². The lowest BCUT2D eigenvalue weighted by atomic mass is 10.2. The van der Waals surface area contributed by atoms with Crippen molar-refractivity contribution in [2.45, 2.75) is 0 Å². The highest BCUT2D eigenvalue weighted by atomic mass is 32.2. The standard InChI is InChI=1S/C16H20N4O3S/c1-24(22,23)20-10-8-19(9-11-20)12-16(21)18-15-6-2-5-14-13(15)4-3-7-17-14/h2-7H,8-12H2,1H3,(H,18,21). The second-order valence-electron chi connectivity index (χ2n) is 5.86. The Morgan fingerprint density at radius 2 is 1.92 bits per heavy atom. The predicted molar refractivity (Wildman–Crippen MR) is 93.2 cm³/mol. The van der Waals surface area contributed by atoms with Crippen molar-refractivity contribution in [3.63, 3.8) is 0 Å². The van der Waals surface area contributed by atoms with Gasteiger partial charge in [0.25, 0.3) is 0 Å². The number of sulfonamides is 1. The number of pyridine rings is 1. The second kappa shape index (κ2) is 6.84. The number of nitrogens with zero attached hydrogens (tertiary/aromatic N) is 3. The van der Waals surface area contributed by atoms with Gasteiger partial charge in [-0.3, -0.25) is 14.7 Å². The molecule has 0 bridgehead atoms. The summed E-state index contributed by atoms with van der Waals surface area (Å²) in [4.78, 5) is 18.5. The van der Waals surface area contributed by atoms with Gasteiger partial charge in [-0.2, -0.15) is 4.31 Å². The van der Waals surface area contributed by atoms with E-state index in [4.69, 9.17) is 0 Å². The molecule has 1 aliphatic rings. The highest BCUT2D eigenvalue weighted by molar-refractivity contribution is 7.88. The Labute approximate surface area is 141 Å². The van der Waals surface area contributed by atoms with Crippen LogP contribution in [0, 0.1) is 0 Å². The van der Waals surface area contributed by atoms with Crippen molar-refractivity contribution in [2.24, 2.45) is 0 Å². The lowest BCUT2D eigenvalue weighted by Crippen LogP contribution is -2.50. The predicted octanol–water partition coefficient (Wildman–Crippen LogP) is 0.751. The van der Waals surface area contributed by atoms with Gasteiger partial charge in [0.1, 0.15) is 0 Å². The first-order valence-electron chi connectivity index (χ1n) is 7.74. The van der Waals surface area contributed by atoms with Crippen LogP contribution in [0.25, 0.3) is 10.9 Å². The van der Waals surface area contributed by atoms with Gasteiger partial charge in [-0.05, 0) is 24.3 Å². The fourth-order valence-electron chi connectivity index (χ4n) is 2.82. The Morgan fingerprint density at radius 3 is 2.62 bits per heavy atom. The van der Waals surface area contributed by atoms with Crippen LogP contribution in [-0.2, 0) is 14.8 Å². The molecule has 0 aliphatic carbocycles. The molecule has 7 nitrogen and oxygen atoms in total. The molecule has 2 heterocycles. The SMILES string of the molecule is CS(=O)(=O)N1CCN(CC(=O)Nc2cccc3ncccc23)CC1. The van der Waals surface area contributed by atoms with Crippen LogP contribution in [0.15, 0.2) is 36.5 Å². The van der Waals surface area contributed by atoms with Crippen LogP contribution in [0.5, 0.6) is 0 Å². The lowest BCUT2D eigenvalue weighted by molar-refractivity contribution is -0.117. The smallest absolute Gasteiger partial charge is 0.238 e. The molecule has 1 amide bonds. The third kappa shape index (κ3) is 3.89. The van der Waals surface area contributed by atoms with Gasteiger partial charge in [0.2, 0.25) is 15.9 Å². The van der Waals surface area contributed by atoms with Gasteiger partial charge in [0.05, 0.1) is 24.0 Å². The zero-order valence-electron chi connectivity index (χ0n) is 13.5. The number of nitrogens with one attached hydrogen (secondary N) is 1. The maximum absolute atomic E-state index is 12.3. The average Bonchev–Trinajstić information content (AvgIpc) is 2.55. The largest absolute Gasteiger partial charge is 0.324 e. The van der Waals surface area contributed by atoms with Gasteiger partial charge in [0, 0.05) is 37.8 Å². The Bertz CT molecular complexity index is 840. The molecule has 0 atom stereocenters. The summed E-state index contributed by atoms with van der Waals surface area (Å²) < 4.78 is 24.4. The number of piperazine rings is 1. The van der Waals surface area contributed by atoms with E-state index in [-0.39, 0.29) is 12.5 Å². The van der Waals surface area contributed by atoms with Crippen LogP contribution in [0.1, 0.15) is 0 Å². The first kappa shape index (κ1) is 16.8.